The first-order chi connectivity index (χ1) is 15.9. The molecule has 1 aromatic carbocycles. The van der Waals surface area contributed by atoms with Crippen molar-refractivity contribution in [1.29, 1.82) is 0 Å². The van der Waals surface area contributed by atoms with E-state index in [4.69, 9.17) is 17.0 Å². The maximum atomic E-state index is 13.3. The number of aryl methyl sites for hydroxylation is 1. The summed E-state index contributed by atoms with van der Waals surface area (Å²) in [6.07, 6.45) is 7.01. The van der Waals surface area contributed by atoms with Gasteiger partial charge in [-0.05, 0) is 75.4 Å². The van der Waals surface area contributed by atoms with Gasteiger partial charge < -0.3 is 25.2 Å². The van der Waals surface area contributed by atoms with Crippen LogP contribution in [0, 0.1) is 12.8 Å². The molecule has 1 atom stereocenters. The van der Waals surface area contributed by atoms with Gasteiger partial charge in [-0.25, -0.2) is 0 Å². The van der Waals surface area contributed by atoms with Crippen molar-refractivity contribution in [3.63, 3.8) is 0 Å². The van der Waals surface area contributed by atoms with Crippen LogP contribution in [0.2, 0.25) is 0 Å². The number of carbonyl (C=O) groups is 2. The van der Waals surface area contributed by atoms with E-state index in [0.29, 0.717) is 23.8 Å². The van der Waals surface area contributed by atoms with E-state index in [1.54, 1.807) is 4.90 Å². The Kier molecular flexibility index (Phi) is 7.53. The second-order valence-corrected chi connectivity index (χ2v) is 9.73. The number of carbonyl (C=O) groups excluding carboxylic acids is 2. The molecule has 4 rings (SSSR count). The number of likely N-dealkylation sites (tertiary alicyclic amines) is 2. The van der Waals surface area contributed by atoms with E-state index in [1.165, 1.54) is 0 Å². The zero-order valence-corrected chi connectivity index (χ0v) is 20.2. The summed E-state index contributed by atoms with van der Waals surface area (Å²) in [5.74, 6) is 0.363. The molecule has 3 aliphatic rings. The van der Waals surface area contributed by atoms with Crippen molar-refractivity contribution in [2.75, 3.05) is 31.5 Å². The summed E-state index contributed by atoms with van der Waals surface area (Å²) in [5.41, 5.74) is 2.46. The van der Waals surface area contributed by atoms with E-state index in [1.807, 2.05) is 30.0 Å². The Morgan fingerprint density at radius 3 is 2.61 bits per heavy atom. The van der Waals surface area contributed by atoms with Gasteiger partial charge in [0.05, 0.1) is 24.3 Å². The van der Waals surface area contributed by atoms with E-state index in [0.717, 1.165) is 68.6 Å². The molecule has 1 aromatic rings. The van der Waals surface area contributed by atoms with Crippen molar-refractivity contribution in [2.24, 2.45) is 5.92 Å². The fourth-order valence-electron chi connectivity index (χ4n) is 4.41. The van der Waals surface area contributed by atoms with Crippen LogP contribution in [0.1, 0.15) is 50.5 Å². The molecule has 1 unspecified atom stereocenters. The molecule has 33 heavy (non-hydrogen) atoms. The lowest BCUT2D eigenvalue weighted by Crippen LogP contribution is -2.45. The Labute approximate surface area is 201 Å². The van der Waals surface area contributed by atoms with Crippen molar-refractivity contribution < 1.29 is 14.3 Å². The Bertz CT molecular complexity index is 924. The number of thiocarbonyl (C=S) groups is 1. The predicted molar refractivity (Wildman–Crippen MR) is 133 cm³/mol. The molecule has 0 spiro atoms. The Morgan fingerprint density at radius 1 is 1.15 bits per heavy atom. The van der Waals surface area contributed by atoms with Gasteiger partial charge in [0.2, 0.25) is 11.8 Å². The second-order valence-electron chi connectivity index (χ2n) is 9.32. The molecule has 2 heterocycles. The quantitative estimate of drug-likeness (QED) is 0.594. The number of nitrogens with zero attached hydrogens (tertiary/aromatic N) is 2. The molecule has 0 radical (unpaired) electrons. The monoisotopic (exact) mass is 470 g/mol. The first-order valence-electron chi connectivity index (χ1n) is 12.0. The predicted octanol–water partition coefficient (Wildman–Crippen LogP) is 3.59. The molecule has 178 valence electrons. The molecule has 2 amide bonds. The van der Waals surface area contributed by atoms with Gasteiger partial charge in [-0.15, -0.1) is 0 Å². The molecule has 1 aliphatic carbocycles. The summed E-state index contributed by atoms with van der Waals surface area (Å²) >= 11 is 5.53. The van der Waals surface area contributed by atoms with Gasteiger partial charge in [-0.1, -0.05) is 19.1 Å². The molecule has 2 aliphatic heterocycles. The van der Waals surface area contributed by atoms with Crippen LogP contribution >= 0.6 is 12.2 Å². The first-order valence-corrected chi connectivity index (χ1v) is 12.4. The second kappa shape index (κ2) is 10.5. The van der Waals surface area contributed by atoms with E-state index >= 15 is 0 Å². The average molecular weight is 471 g/mol. The van der Waals surface area contributed by atoms with Gasteiger partial charge in [0.1, 0.15) is 5.75 Å². The highest BCUT2D eigenvalue weighted by atomic mass is 32.1. The minimum atomic E-state index is -0.404. The summed E-state index contributed by atoms with van der Waals surface area (Å²) in [4.78, 5) is 29.5. The highest BCUT2D eigenvalue weighted by Gasteiger charge is 2.32. The summed E-state index contributed by atoms with van der Waals surface area (Å²) in [5, 5.41) is 6.72. The maximum absolute atomic E-state index is 13.3. The Balaban J connectivity index is 1.36. The SMILES string of the molecule is C=C(NC(=S)Nc1cc(C)ccc1OC1CC1)C1CCCCN(CC(=O)N2CCCC2)C1=O. The van der Waals surface area contributed by atoms with Gasteiger partial charge in [0, 0.05) is 25.3 Å². The van der Waals surface area contributed by atoms with Crippen LogP contribution in [0.3, 0.4) is 0 Å². The highest BCUT2D eigenvalue weighted by molar-refractivity contribution is 7.80. The molecule has 7 nitrogen and oxygen atoms in total. The summed E-state index contributed by atoms with van der Waals surface area (Å²) in [6.45, 7) is 8.49. The Hall–Kier alpha value is -2.61. The lowest BCUT2D eigenvalue weighted by atomic mass is 9.99. The average Bonchev–Trinajstić information content (AvgIpc) is 3.46. The van der Waals surface area contributed by atoms with Crippen molar-refractivity contribution in [1.82, 2.24) is 15.1 Å². The van der Waals surface area contributed by atoms with Crippen LogP contribution in [0.15, 0.2) is 30.5 Å². The van der Waals surface area contributed by atoms with Crippen LogP contribution in [0.4, 0.5) is 5.69 Å². The number of benzene rings is 1. The van der Waals surface area contributed by atoms with E-state index in [9.17, 15) is 9.59 Å². The van der Waals surface area contributed by atoms with Gasteiger partial charge in [-0.2, -0.15) is 0 Å². The van der Waals surface area contributed by atoms with Gasteiger partial charge >= 0.3 is 0 Å². The number of hydrogen-bond acceptors (Lipinski definition) is 4. The van der Waals surface area contributed by atoms with E-state index < -0.39 is 5.92 Å². The third kappa shape index (κ3) is 6.25. The smallest absolute Gasteiger partial charge is 0.242 e. The Morgan fingerprint density at radius 2 is 1.88 bits per heavy atom. The molecule has 0 bridgehead atoms. The lowest BCUT2D eigenvalue weighted by Gasteiger charge is -2.27. The molecule has 2 saturated heterocycles. The van der Waals surface area contributed by atoms with E-state index in [2.05, 4.69) is 17.2 Å². The summed E-state index contributed by atoms with van der Waals surface area (Å²) in [7, 11) is 0. The third-order valence-electron chi connectivity index (χ3n) is 6.46. The zero-order chi connectivity index (χ0) is 23.4. The molecule has 2 N–H and O–H groups in total. The fourth-order valence-corrected chi connectivity index (χ4v) is 4.65. The molecule has 1 saturated carbocycles. The van der Waals surface area contributed by atoms with E-state index in [-0.39, 0.29) is 24.5 Å². The van der Waals surface area contributed by atoms with Crippen LogP contribution in [-0.4, -0.2) is 59.0 Å². The molecule has 0 aromatic heterocycles. The van der Waals surface area contributed by atoms with Crippen LogP contribution in [-0.2, 0) is 9.59 Å². The summed E-state index contributed by atoms with van der Waals surface area (Å²) < 4.78 is 5.99. The number of ether oxygens (including phenoxy) is 1. The third-order valence-corrected chi connectivity index (χ3v) is 6.67. The van der Waals surface area contributed by atoms with Gasteiger partial charge in [-0.3, -0.25) is 9.59 Å². The molecule has 8 heteroatoms. The van der Waals surface area contributed by atoms with Gasteiger partial charge in [0.15, 0.2) is 5.11 Å². The minimum Gasteiger partial charge on any atom is -0.488 e. The maximum Gasteiger partial charge on any atom is 0.242 e. The number of rotatable bonds is 7. The standard InChI is InChI=1S/C25H34N4O3S/c1-17-8-11-22(32-19-9-10-19)21(15-17)27-25(33)26-18(2)20-7-3-4-14-29(24(20)31)16-23(30)28-12-5-6-13-28/h8,11,15,19-20H,2-7,9-10,12-14,16H2,1H3,(H2,26,27,33). The van der Waals surface area contributed by atoms with Crippen LogP contribution in [0.5, 0.6) is 5.75 Å². The topological polar surface area (TPSA) is 73.9 Å². The zero-order valence-electron chi connectivity index (χ0n) is 19.4. The molecular formula is C25H34N4O3S. The van der Waals surface area contributed by atoms with Crippen molar-refractivity contribution in [2.45, 2.75) is 58.0 Å². The highest BCUT2D eigenvalue weighted by Crippen LogP contribution is 2.33. The largest absolute Gasteiger partial charge is 0.488 e. The number of amides is 2. The van der Waals surface area contributed by atoms with Gasteiger partial charge in [0.25, 0.3) is 0 Å². The van der Waals surface area contributed by atoms with Crippen LogP contribution < -0.4 is 15.4 Å². The molecular weight excluding hydrogens is 436 g/mol. The minimum absolute atomic E-state index is 0.0416. The first kappa shape index (κ1) is 23.5. The molecule has 3 fully saturated rings. The summed E-state index contributed by atoms with van der Waals surface area (Å²) in [6, 6.07) is 5.97. The fraction of sp³-hybridized carbons (Fsp3) is 0.560. The number of anilines is 1. The lowest BCUT2D eigenvalue weighted by molar-refractivity contribution is -0.141. The van der Waals surface area contributed by atoms with Crippen molar-refractivity contribution in [3.05, 3.63) is 36.0 Å². The van der Waals surface area contributed by atoms with Crippen LogP contribution in [0.25, 0.3) is 0 Å². The normalized spacial score (nSPS) is 20.9. The van der Waals surface area contributed by atoms with Crippen molar-refractivity contribution in [3.8, 4) is 5.75 Å². The number of hydrogen-bond donors (Lipinski definition) is 2. The number of nitrogens with one attached hydrogen (secondary N) is 2. The van der Waals surface area contributed by atoms with Crippen molar-refractivity contribution >= 4 is 34.8 Å².